The Kier molecular flexibility index (Phi) is 6.32. The predicted octanol–water partition coefficient (Wildman–Crippen LogP) is 4.65. The summed E-state index contributed by atoms with van der Waals surface area (Å²) >= 11 is 0.407. The summed E-state index contributed by atoms with van der Waals surface area (Å²) in [6.07, 6.45) is -1.94. The number of thioether (sulfide) groups is 1. The number of carbonyl (C=O) groups is 3. The topological polar surface area (TPSA) is 80.7 Å². The zero-order chi connectivity index (χ0) is 25.3. The molecule has 190 valence electrons. The van der Waals surface area contributed by atoms with Crippen molar-refractivity contribution < 1.29 is 37.4 Å². The number of halogens is 3. The summed E-state index contributed by atoms with van der Waals surface area (Å²) in [4.78, 5) is 37.9. The number of hydrogen-bond acceptors (Lipinski definition) is 6. The van der Waals surface area contributed by atoms with E-state index in [1.54, 1.807) is 27.7 Å². The number of hydrogen-bond donors (Lipinski definition) is 1. The van der Waals surface area contributed by atoms with Crippen LogP contribution in [0.3, 0.4) is 0 Å². The van der Waals surface area contributed by atoms with Crippen LogP contribution >= 0.6 is 11.8 Å². The second-order valence-electron chi connectivity index (χ2n) is 11.0. The van der Waals surface area contributed by atoms with E-state index in [9.17, 15) is 23.9 Å². The molecular formula is C25H33F3O5S. The molecule has 0 bridgehead atoms. The highest BCUT2D eigenvalue weighted by Crippen LogP contribution is 2.72. The van der Waals surface area contributed by atoms with E-state index in [2.05, 4.69) is 0 Å². The van der Waals surface area contributed by atoms with Gasteiger partial charge in [0.25, 0.3) is 0 Å². The van der Waals surface area contributed by atoms with Crippen LogP contribution in [-0.2, 0) is 19.1 Å². The predicted molar refractivity (Wildman–Crippen MR) is 121 cm³/mol. The monoisotopic (exact) mass is 502 g/mol. The molecule has 9 heteroatoms. The summed E-state index contributed by atoms with van der Waals surface area (Å²) in [6, 6.07) is -1.01. The van der Waals surface area contributed by atoms with Gasteiger partial charge in [0.15, 0.2) is 11.4 Å². The molecule has 0 radical (unpaired) electrons. The van der Waals surface area contributed by atoms with E-state index in [-0.39, 0.29) is 49.9 Å². The van der Waals surface area contributed by atoms with Crippen LogP contribution in [-0.4, -0.2) is 51.5 Å². The third kappa shape index (κ3) is 3.07. The fourth-order valence-electron chi connectivity index (χ4n) is 7.98. The minimum atomic E-state index is -2.22. The molecule has 0 aromatic carbocycles. The normalized spacial score (nSPS) is 47.8. The third-order valence-corrected chi connectivity index (χ3v) is 10.3. The van der Waals surface area contributed by atoms with Crippen LogP contribution in [0.2, 0.25) is 0 Å². The lowest BCUT2D eigenvalue weighted by Crippen LogP contribution is -2.71. The number of fused-ring (bicyclic) bond motifs is 5. The molecule has 0 aromatic heterocycles. The maximum atomic E-state index is 17.3. The highest BCUT2D eigenvalue weighted by atomic mass is 32.2. The van der Waals surface area contributed by atoms with Crippen LogP contribution in [0.25, 0.3) is 0 Å². The second-order valence-corrected chi connectivity index (χ2v) is 11.8. The molecule has 4 aliphatic carbocycles. The van der Waals surface area contributed by atoms with Gasteiger partial charge < -0.3 is 9.84 Å². The van der Waals surface area contributed by atoms with Crippen molar-refractivity contribution in [3.8, 4) is 0 Å². The van der Waals surface area contributed by atoms with Crippen LogP contribution in [0, 0.1) is 28.6 Å². The van der Waals surface area contributed by atoms with Gasteiger partial charge in [0.2, 0.25) is 5.12 Å². The molecule has 3 fully saturated rings. The fourth-order valence-corrected chi connectivity index (χ4v) is 8.77. The van der Waals surface area contributed by atoms with Crippen molar-refractivity contribution >= 4 is 28.6 Å². The summed E-state index contributed by atoms with van der Waals surface area (Å²) in [5, 5.41) is 10.8. The highest BCUT2D eigenvalue weighted by molar-refractivity contribution is 8.13. The van der Waals surface area contributed by atoms with Crippen LogP contribution in [0.4, 0.5) is 13.2 Å². The number of ether oxygens (including phenoxy) is 1. The Balaban J connectivity index is 1.86. The molecule has 0 spiro atoms. The molecule has 4 aliphatic rings. The van der Waals surface area contributed by atoms with Gasteiger partial charge in [-0.15, -0.1) is 0 Å². The number of aliphatic hydroxyl groups is 1. The Morgan fingerprint density at radius 2 is 1.94 bits per heavy atom. The first-order valence-electron chi connectivity index (χ1n) is 12.0. The quantitative estimate of drug-likeness (QED) is 0.564. The van der Waals surface area contributed by atoms with Crippen molar-refractivity contribution in [2.24, 2.45) is 28.6 Å². The summed E-state index contributed by atoms with van der Waals surface area (Å²) < 4.78 is 51.9. The fraction of sp³-hybridized carbons (Fsp3) is 0.800. The third-order valence-electron chi connectivity index (χ3n) is 9.62. The largest absolute Gasteiger partial charge is 0.449 e. The van der Waals surface area contributed by atoms with Crippen LogP contribution in [0.1, 0.15) is 66.2 Å². The molecule has 4 rings (SSSR count). The number of esters is 1. The Morgan fingerprint density at radius 1 is 1.26 bits per heavy atom. The highest BCUT2D eigenvalue weighted by Gasteiger charge is 2.78. The maximum absolute atomic E-state index is 17.3. The summed E-state index contributed by atoms with van der Waals surface area (Å²) in [5.74, 6) is -3.00. The number of rotatable bonds is 4. The molecule has 34 heavy (non-hydrogen) atoms. The zero-order valence-corrected chi connectivity index (χ0v) is 20.9. The molecular weight excluding hydrogens is 469 g/mol. The Bertz CT molecular complexity index is 942. The van der Waals surface area contributed by atoms with Crippen LogP contribution in [0.15, 0.2) is 11.6 Å². The van der Waals surface area contributed by atoms with Crippen molar-refractivity contribution in [2.45, 2.75) is 89.8 Å². The minimum absolute atomic E-state index is 0.00533. The number of carbonyl (C=O) groups excluding carboxylic acids is 3. The van der Waals surface area contributed by atoms with Gasteiger partial charge in [-0.3, -0.25) is 14.4 Å². The van der Waals surface area contributed by atoms with Gasteiger partial charge >= 0.3 is 5.97 Å². The lowest BCUT2D eigenvalue weighted by Gasteiger charge is -2.64. The Labute approximate surface area is 202 Å². The van der Waals surface area contributed by atoms with Crippen molar-refractivity contribution in [3.05, 3.63) is 11.6 Å². The first kappa shape index (κ1) is 25.7. The molecule has 5 nitrogen and oxygen atoms in total. The average molecular weight is 503 g/mol. The molecule has 5 unspecified atom stereocenters. The standard InChI is InChI=1S/C25H33F3O5S/c1-5-20(31)33-25(21(32)34-12-26)13(2)8-15-16-10-18(27)17-9-14(29)6-7-22(17,3)24(16,28)19(30)11-23(15,25)4/h9,13,15-16,18-19,30H,5-8,10-12H2,1-4H3/t13?,15?,16?,18?,19?,22-,23-,24-,25+/m0/s1. The van der Waals surface area contributed by atoms with Crippen LogP contribution in [0.5, 0.6) is 0 Å². The van der Waals surface area contributed by atoms with Gasteiger partial charge in [-0.2, -0.15) is 0 Å². The lowest BCUT2D eigenvalue weighted by molar-refractivity contribution is -0.236. The molecule has 0 aliphatic heterocycles. The molecule has 0 saturated heterocycles. The van der Waals surface area contributed by atoms with E-state index in [0.29, 0.717) is 11.8 Å². The van der Waals surface area contributed by atoms with Crippen molar-refractivity contribution in [1.29, 1.82) is 0 Å². The van der Waals surface area contributed by atoms with E-state index < -0.39 is 69.2 Å². The Hall–Kier alpha value is -1.35. The van der Waals surface area contributed by atoms with Crippen molar-refractivity contribution in [1.82, 2.24) is 0 Å². The first-order chi connectivity index (χ1) is 15.8. The summed E-state index contributed by atoms with van der Waals surface area (Å²) in [6.45, 7) is 6.58. The van der Waals surface area contributed by atoms with E-state index >= 15 is 8.78 Å². The zero-order valence-electron chi connectivity index (χ0n) is 20.0. The van der Waals surface area contributed by atoms with E-state index in [4.69, 9.17) is 4.74 Å². The van der Waals surface area contributed by atoms with E-state index in [1.807, 2.05) is 0 Å². The van der Waals surface area contributed by atoms with Gasteiger partial charge in [0, 0.05) is 35.5 Å². The van der Waals surface area contributed by atoms with E-state index in [1.165, 1.54) is 6.08 Å². The lowest BCUT2D eigenvalue weighted by atomic mass is 9.43. The molecule has 0 amide bonds. The summed E-state index contributed by atoms with van der Waals surface area (Å²) in [5.41, 5.74) is -6.44. The second kappa shape index (κ2) is 8.36. The maximum Gasteiger partial charge on any atom is 0.306 e. The number of aliphatic hydroxyl groups excluding tert-OH is 1. The van der Waals surface area contributed by atoms with Gasteiger partial charge in [-0.25, -0.2) is 13.2 Å². The number of allylic oxidation sites excluding steroid dienone is 1. The van der Waals surface area contributed by atoms with Crippen LogP contribution < -0.4 is 0 Å². The average Bonchev–Trinajstić information content (AvgIpc) is 2.99. The number of ketones is 1. The Morgan fingerprint density at radius 3 is 2.56 bits per heavy atom. The molecule has 1 N–H and O–H groups in total. The van der Waals surface area contributed by atoms with Gasteiger partial charge in [0.05, 0.1) is 6.10 Å². The number of alkyl halides is 3. The van der Waals surface area contributed by atoms with Gasteiger partial charge in [0.1, 0.15) is 17.8 Å². The van der Waals surface area contributed by atoms with E-state index in [0.717, 1.165) is 0 Å². The molecule has 0 aromatic rings. The summed E-state index contributed by atoms with van der Waals surface area (Å²) in [7, 11) is 0. The smallest absolute Gasteiger partial charge is 0.306 e. The van der Waals surface area contributed by atoms with Crippen molar-refractivity contribution in [2.75, 3.05) is 6.01 Å². The minimum Gasteiger partial charge on any atom is -0.449 e. The molecule has 9 atom stereocenters. The SMILES string of the molecule is CCC(=O)O[C@@]1(C(=O)SCF)C(C)CC2C3CC(F)C4=CC(=O)CC[C@]4(C)[C@@]3(F)C(O)C[C@@]21C. The first-order valence-corrected chi connectivity index (χ1v) is 13.0. The molecule has 3 saturated carbocycles. The van der Waals surface area contributed by atoms with Gasteiger partial charge in [-0.05, 0) is 55.0 Å². The van der Waals surface area contributed by atoms with Crippen molar-refractivity contribution in [3.63, 3.8) is 0 Å². The van der Waals surface area contributed by atoms with Gasteiger partial charge in [-0.1, -0.05) is 27.7 Å². The molecule has 0 heterocycles.